The minimum absolute atomic E-state index is 0.00571. The number of carboxylic acids is 2. The lowest BCUT2D eigenvalue weighted by atomic mass is 9.97. The Labute approximate surface area is 258 Å². The number of aliphatic carboxylic acids is 2. The molecule has 0 aromatic heterocycles. The van der Waals surface area contributed by atoms with Crippen molar-refractivity contribution in [3.05, 3.63) is 77.6 Å². The summed E-state index contributed by atoms with van der Waals surface area (Å²) in [6.45, 7) is 3.90. The first kappa shape index (κ1) is 34.6. The molecule has 0 unspecified atom stereocenters. The Morgan fingerprint density at radius 1 is 0.773 bits per heavy atom. The summed E-state index contributed by atoms with van der Waals surface area (Å²) in [5.41, 5.74) is 3.19. The second kappa shape index (κ2) is 16.8. The molecule has 0 heterocycles. The number of unbranched alkanes of at least 4 members (excludes halogenated alkanes) is 3. The number of aryl methyl sites for hydroxylation is 1. The molecular weight excluding hydrogens is 587 g/mol. The van der Waals surface area contributed by atoms with Crippen LogP contribution >= 0.6 is 0 Å². The maximum Gasteiger partial charge on any atom is 0.303 e. The van der Waals surface area contributed by atoms with Gasteiger partial charge in [-0.1, -0.05) is 37.1 Å². The molecule has 8 nitrogen and oxygen atoms in total. The zero-order valence-electron chi connectivity index (χ0n) is 25.3. The number of hydrogen-bond acceptors (Lipinski definition) is 6. The molecule has 0 bridgehead atoms. The van der Waals surface area contributed by atoms with Crippen molar-refractivity contribution in [3.8, 4) is 22.6 Å². The molecule has 10 heteroatoms. The van der Waals surface area contributed by atoms with E-state index in [2.05, 4.69) is 0 Å². The van der Waals surface area contributed by atoms with Crippen molar-refractivity contribution >= 4 is 21.8 Å². The summed E-state index contributed by atoms with van der Waals surface area (Å²) >= 11 is 0. The standard InChI is InChI=1S/C34H41FO8S/c1-24(2)44(40,41)30-22-27(25-13-15-28(35)16-14-25)21-29(23-30)42-19-6-4-3-5-9-26-10-7-11-32(31(26)17-18-34(38)39)43-20-8-12-33(36)37/h7,10-11,13-16,21-24H,3-6,8-9,12,17-20H2,1-2H3,(H,36,37)(H,38,39). The summed E-state index contributed by atoms with van der Waals surface area (Å²) in [6.07, 6.45) is 4.85. The highest BCUT2D eigenvalue weighted by Crippen LogP contribution is 2.31. The molecular formula is C34H41FO8S. The Hall–Kier alpha value is -3.92. The van der Waals surface area contributed by atoms with Gasteiger partial charge in [-0.05, 0) is 105 Å². The van der Waals surface area contributed by atoms with Gasteiger partial charge in [0.1, 0.15) is 17.3 Å². The van der Waals surface area contributed by atoms with Gasteiger partial charge in [0.05, 0.1) is 23.4 Å². The predicted molar refractivity (Wildman–Crippen MR) is 167 cm³/mol. The van der Waals surface area contributed by atoms with Crippen LogP contribution in [0.3, 0.4) is 0 Å². The monoisotopic (exact) mass is 628 g/mol. The van der Waals surface area contributed by atoms with Gasteiger partial charge in [0, 0.05) is 12.8 Å². The maximum atomic E-state index is 13.5. The lowest BCUT2D eigenvalue weighted by Gasteiger charge is -2.15. The van der Waals surface area contributed by atoms with E-state index >= 15 is 0 Å². The topological polar surface area (TPSA) is 127 Å². The largest absolute Gasteiger partial charge is 0.494 e. The average Bonchev–Trinajstić information content (AvgIpc) is 2.98. The first-order valence-electron chi connectivity index (χ1n) is 14.9. The van der Waals surface area contributed by atoms with Crippen molar-refractivity contribution in [2.24, 2.45) is 0 Å². The number of hydrogen-bond donors (Lipinski definition) is 2. The Kier molecular flexibility index (Phi) is 13.2. The van der Waals surface area contributed by atoms with E-state index in [0.29, 0.717) is 42.1 Å². The van der Waals surface area contributed by atoms with Gasteiger partial charge in [0.15, 0.2) is 9.84 Å². The minimum Gasteiger partial charge on any atom is -0.494 e. The normalized spacial score (nSPS) is 11.5. The van der Waals surface area contributed by atoms with Crippen LogP contribution < -0.4 is 9.47 Å². The van der Waals surface area contributed by atoms with E-state index < -0.39 is 27.0 Å². The lowest BCUT2D eigenvalue weighted by molar-refractivity contribution is -0.138. The second-order valence-electron chi connectivity index (χ2n) is 10.9. The summed E-state index contributed by atoms with van der Waals surface area (Å²) in [5, 5.41) is 17.5. The van der Waals surface area contributed by atoms with Gasteiger partial charge in [-0.3, -0.25) is 9.59 Å². The van der Waals surface area contributed by atoms with Crippen molar-refractivity contribution < 1.29 is 42.1 Å². The van der Waals surface area contributed by atoms with Crippen molar-refractivity contribution in [3.63, 3.8) is 0 Å². The predicted octanol–water partition coefficient (Wildman–Crippen LogP) is 7.12. The fourth-order valence-electron chi connectivity index (χ4n) is 4.76. The summed E-state index contributed by atoms with van der Waals surface area (Å²) in [5.74, 6) is -1.12. The van der Waals surface area contributed by atoms with Crippen LogP contribution in [0.1, 0.15) is 69.9 Å². The van der Waals surface area contributed by atoms with Gasteiger partial charge in [0.25, 0.3) is 0 Å². The molecule has 0 atom stereocenters. The average molecular weight is 629 g/mol. The maximum absolute atomic E-state index is 13.5. The van der Waals surface area contributed by atoms with E-state index in [1.807, 2.05) is 12.1 Å². The van der Waals surface area contributed by atoms with Crippen LogP contribution in [0.2, 0.25) is 0 Å². The lowest BCUT2D eigenvalue weighted by Crippen LogP contribution is -2.14. The summed E-state index contributed by atoms with van der Waals surface area (Å²) in [7, 11) is -3.55. The number of benzene rings is 3. The van der Waals surface area contributed by atoms with Gasteiger partial charge in [-0.15, -0.1) is 0 Å². The molecule has 0 aliphatic heterocycles. The van der Waals surface area contributed by atoms with Crippen LogP contribution in [0.15, 0.2) is 65.6 Å². The molecule has 0 saturated heterocycles. The zero-order valence-corrected chi connectivity index (χ0v) is 26.1. The quantitative estimate of drug-likeness (QED) is 0.134. The molecule has 0 saturated carbocycles. The molecule has 3 aromatic carbocycles. The molecule has 0 fully saturated rings. The molecule has 44 heavy (non-hydrogen) atoms. The summed E-state index contributed by atoms with van der Waals surface area (Å²) < 4.78 is 51.1. The number of ether oxygens (including phenoxy) is 2. The summed E-state index contributed by atoms with van der Waals surface area (Å²) in [6, 6.07) is 16.4. The zero-order chi connectivity index (χ0) is 32.1. The smallest absolute Gasteiger partial charge is 0.303 e. The first-order valence-corrected chi connectivity index (χ1v) is 16.5. The van der Waals surface area contributed by atoms with Crippen molar-refractivity contribution in [1.82, 2.24) is 0 Å². The van der Waals surface area contributed by atoms with Crippen LogP contribution in [-0.2, 0) is 32.3 Å². The fourth-order valence-corrected chi connectivity index (χ4v) is 5.88. The van der Waals surface area contributed by atoms with Crippen LogP contribution in [0.4, 0.5) is 4.39 Å². The van der Waals surface area contributed by atoms with Gasteiger partial charge < -0.3 is 19.7 Å². The Morgan fingerprint density at radius 3 is 2.14 bits per heavy atom. The Bertz CT molecular complexity index is 1500. The van der Waals surface area contributed by atoms with Crippen molar-refractivity contribution in [1.29, 1.82) is 0 Å². The molecule has 3 aromatic rings. The molecule has 0 aliphatic rings. The van der Waals surface area contributed by atoms with E-state index in [9.17, 15) is 27.5 Å². The van der Waals surface area contributed by atoms with E-state index in [1.165, 1.54) is 18.2 Å². The van der Waals surface area contributed by atoms with E-state index in [1.54, 1.807) is 44.2 Å². The number of rotatable bonds is 19. The van der Waals surface area contributed by atoms with Crippen LogP contribution in [-0.4, -0.2) is 49.0 Å². The van der Waals surface area contributed by atoms with Crippen molar-refractivity contribution in [2.45, 2.75) is 81.8 Å². The number of carbonyl (C=O) groups is 2. The Balaban J connectivity index is 1.57. The molecule has 2 N–H and O–H groups in total. The van der Waals surface area contributed by atoms with E-state index in [-0.39, 0.29) is 30.2 Å². The van der Waals surface area contributed by atoms with E-state index in [4.69, 9.17) is 14.6 Å². The highest BCUT2D eigenvalue weighted by atomic mass is 32.2. The molecule has 0 spiro atoms. The number of halogens is 1. The Morgan fingerprint density at radius 2 is 1.45 bits per heavy atom. The molecule has 238 valence electrons. The van der Waals surface area contributed by atoms with Gasteiger partial charge in [-0.2, -0.15) is 0 Å². The van der Waals surface area contributed by atoms with Gasteiger partial charge >= 0.3 is 11.9 Å². The van der Waals surface area contributed by atoms with Gasteiger partial charge in [-0.25, -0.2) is 12.8 Å². The second-order valence-corrected chi connectivity index (χ2v) is 13.4. The highest BCUT2D eigenvalue weighted by molar-refractivity contribution is 7.92. The van der Waals surface area contributed by atoms with Gasteiger partial charge in [0.2, 0.25) is 0 Å². The SMILES string of the molecule is CC(C)S(=O)(=O)c1cc(OCCCCCCc2cccc(OCCCC(=O)O)c2CCC(=O)O)cc(-c2ccc(F)cc2)c1. The third-order valence-corrected chi connectivity index (χ3v) is 9.36. The number of carboxylic acid groups (broad SMARTS) is 2. The molecule has 0 aliphatic carbocycles. The first-order chi connectivity index (χ1) is 21.0. The van der Waals surface area contributed by atoms with E-state index in [0.717, 1.165) is 43.2 Å². The number of sulfone groups is 1. The summed E-state index contributed by atoms with van der Waals surface area (Å²) in [4.78, 5) is 22.2. The van der Waals surface area contributed by atoms with Crippen molar-refractivity contribution in [2.75, 3.05) is 13.2 Å². The fraction of sp³-hybridized carbons (Fsp3) is 0.412. The highest BCUT2D eigenvalue weighted by Gasteiger charge is 2.21. The van der Waals surface area contributed by atoms with Crippen LogP contribution in [0.25, 0.3) is 11.1 Å². The van der Waals surface area contributed by atoms with Crippen LogP contribution in [0.5, 0.6) is 11.5 Å². The molecule has 3 rings (SSSR count). The third-order valence-electron chi connectivity index (χ3n) is 7.23. The minimum atomic E-state index is -3.55. The molecule has 0 radical (unpaired) electrons. The third kappa shape index (κ3) is 10.7. The molecule has 0 amide bonds. The van der Waals surface area contributed by atoms with Crippen LogP contribution in [0, 0.1) is 5.82 Å².